The van der Waals surface area contributed by atoms with Crippen LogP contribution in [0.5, 0.6) is 5.75 Å². The molecule has 1 amide bonds. The van der Waals surface area contributed by atoms with Crippen LogP contribution in [0.2, 0.25) is 0 Å². The lowest BCUT2D eigenvalue weighted by Crippen LogP contribution is -2.38. The maximum Gasteiger partial charge on any atom is 0.239 e. The number of ether oxygens (including phenoxy) is 2. The molecule has 33 heavy (non-hydrogen) atoms. The predicted molar refractivity (Wildman–Crippen MR) is 133 cm³/mol. The van der Waals surface area contributed by atoms with Gasteiger partial charge < -0.3 is 14.4 Å². The first kappa shape index (κ1) is 23.9. The van der Waals surface area contributed by atoms with Crippen LogP contribution in [0.3, 0.4) is 0 Å². The lowest BCUT2D eigenvalue weighted by molar-refractivity contribution is -0.132. The summed E-state index contributed by atoms with van der Waals surface area (Å²) in [4.78, 5) is 14.4. The van der Waals surface area contributed by atoms with Crippen molar-refractivity contribution in [3.05, 3.63) is 99.8 Å². The molecule has 0 bridgehead atoms. The number of alkyl halides is 1. The third kappa shape index (κ3) is 5.48. The smallest absolute Gasteiger partial charge is 0.239 e. The van der Waals surface area contributed by atoms with Gasteiger partial charge in [0.25, 0.3) is 0 Å². The number of hydrogen-bond acceptors (Lipinski definition) is 3. The second-order valence-electron chi connectivity index (χ2n) is 8.00. The molecular formula is C26H24Br2FNO3. The summed E-state index contributed by atoms with van der Waals surface area (Å²) >= 11 is 7.03. The van der Waals surface area contributed by atoms with E-state index in [-0.39, 0.29) is 18.7 Å². The number of halogens is 3. The first-order valence-electron chi connectivity index (χ1n) is 10.7. The minimum Gasteiger partial charge on any atom is -0.488 e. The molecule has 0 unspecified atom stereocenters. The first-order valence-corrected chi connectivity index (χ1v) is 12.4. The number of hydrogen-bond donors (Lipinski definition) is 0. The SMILES string of the molecule is C[C@@H](c1cc(Br)c(OCc2ccccc2)cc1F)[C@@H](Br)C(=O)N1COC[C@H]1c1ccccc1. The molecule has 0 aromatic heterocycles. The van der Waals surface area contributed by atoms with Crippen LogP contribution in [0.15, 0.2) is 77.3 Å². The number of benzene rings is 3. The fourth-order valence-corrected chi connectivity index (χ4v) is 4.90. The van der Waals surface area contributed by atoms with Crippen molar-refractivity contribution >= 4 is 37.8 Å². The molecule has 1 saturated heterocycles. The van der Waals surface area contributed by atoms with Crippen molar-refractivity contribution in [1.29, 1.82) is 0 Å². The molecule has 1 heterocycles. The molecule has 7 heteroatoms. The van der Waals surface area contributed by atoms with Gasteiger partial charge in [0.15, 0.2) is 0 Å². The fraction of sp³-hybridized carbons (Fsp3) is 0.269. The summed E-state index contributed by atoms with van der Waals surface area (Å²) < 4.78 is 27.1. The molecule has 0 N–H and O–H groups in total. The number of carbonyl (C=O) groups is 1. The molecule has 0 saturated carbocycles. The van der Waals surface area contributed by atoms with Crippen LogP contribution in [0.25, 0.3) is 0 Å². The Morgan fingerprint density at radius 3 is 2.52 bits per heavy atom. The van der Waals surface area contributed by atoms with Gasteiger partial charge in [-0.2, -0.15) is 0 Å². The first-order chi connectivity index (χ1) is 16.0. The lowest BCUT2D eigenvalue weighted by atomic mass is 9.95. The van der Waals surface area contributed by atoms with Crippen LogP contribution in [-0.2, 0) is 16.1 Å². The highest BCUT2D eigenvalue weighted by atomic mass is 79.9. The third-order valence-electron chi connectivity index (χ3n) is 5.80. The van der Waals surface area contributed by atoms with E-state index in [1.165, 1.54) is 6.07 Å². The highest BCUT2D eigenvalue weighted by Gasteiger charge is 2.37. The quantitative estimate of drug-likeness (QED) is 0.298. The molecule has 4 rings (SSSR count). The van der Waals surface area contributed by atoms with E-state index in [1.807, 2.05) is 67.6 Å². The van der Waals surface area contributed by atoms with E-state index in [4.69, 9.17) is 9.47 Å². The lowest BCUT2D eigenvalue weighted by Gasteiger charge is -2.28. The molecule has 3 aromatic rings. The molecule has 0 aliphatic carbocycles. The number of amides is 1. The molecule has 3 aromatic carbocycles. The second-order valence-corrected chi connectivity index (χ2v) is 9.84. The zero-order valence-corrected chi connectivity index (χ0v) is 21.3. The number of carbonyl (C=O) groups excluding carboxylic acids is 1. The molecule has 1 aliphatic heterocycles. The van der Waals surface area contributed by atoms with E-state index in [1.54, 1.807) is 11.0 Å². The Morgan fingerprint density at radius 1 is 1.15 bits per heavy atom. The van der Waals surface area contributed by atoms with Gasteiger partial charge in [0.1, 0.15) is 29.7 Å². The molecule has 172 valence electrons. The minimum atomic E-state index is -0.608. The average molecular weight is 577 g/mol. The van der Waals surface area contributed by atoms with Gasteiger partial charge in [-0.1, -0.05) is 83.5 Å². The van der Waals surface area contributed by atoms with Gasteiger partial charge in [-0.05, 0) is 38.7 Å². The van der Waals surface area contributed by atoms with Crippen LogP contribution in [0.1, 0.15) is 35.6 Å². The summed E-state index contributed by atoms with van der Waals surface area (Å²) in [7, 11) is 0. The van der Waals surface area contributed by atoms with Crippen molar-refractivity contribution in [2.75, 3.05) is 13.3 Å². The van der Waals surface area contributed by atoms with E-state index in [2.05, 4.69) is 31.9 Å². The number of rotatable bonds is 7. The topological polar surface area (TPSA) is 38.8 Å². The Labute approximate surface area is 210 Å². The van der Waals surface area contributed by atoms with Crippen molar-refractivity contribution in [3.8, 4) is 5.75 Å². The molecule has 0 radical (unpaired) electrons. The molecule has 4 nitrogen and oxygen atoms in total. The summed E-state index contributed by atoms with van der Waals surface area (Å²) in [5, 5.41) is 0. The Bertz CT molecular complexity index is 1100. The van der Waals surface area contributed by atoms with Crippen molar-refractivity contribution < 1.29 is 18.7 Å². The highest BCUT2D eigenvalue weighted by Crippen LogP contribution is 2.37. The van der Waals surface area contributed by atoms with E-state index < -0.39 is 16.6 Å². The van der Waals surface area contributed by atoms with Gasteiger partial charge in [0, 0.05) is 12.0 Å². The summed E-state index contributed by atoms with van der Waals surface area (Å²) in [6.07, 6.45) is 0. The fourth-order valence-electron chi connectivity index (χ4n) is 3.88. The second kappa shape index (κ2) is 10.8. The Morgan fingerprint density at radius 2 is 1.82 bits per heavy atom. The van der Waals surface area contributed by atoms with Crippen LogP contribution >= 0.6 is 31.9 Å². The van der Waals surface area contributed by atoms with Gasteiger partial charge in [0.05, 0.1) is 17.1 Å². The van der Waals surface area contributed by atoms with E-state index in [0.717, 1.165) is 11.1 Å². The van der Waals surface area contributed by atoms with Crippen LogP contribution in [-0.4, -0.2) is 29.0 Å². The summed E-state index contributed by atoms with van der Waals surface area (Å²) in [6, 6.07) is 22.4. The monoisotopic (exact) mass is 575 g/mol. The van der Waals surface area contributed by atoms with Crippen molar-refractivity contribution in [1.82, 2.24) is 4.90 Å². The molecule has 1 aliphatic rings. The molecular weight excluding hydrogens is 553 g/mol. The normalized spacial score (nSPS) is 17.6. The van der Waals surface area contributed by atoms with Crippen LogP contribution in [0, 0.1) is 5.82 Å². The Kier molecular flexibility index (Phi) is 7.83. The summed E-state index contributed by atoms with van der Waals surface area (Å²) in [5.74, 6) is -0.534. The molecule has 3 atom stereocenters. The standard InChI is InChI=1S/C26H24Br2FNO3/c1-17(25(28)26(31)30-16-32-15-23(30)19-10-6-3-7-11-19)20-12-21(27)24(13-22(20)29)33-14-18-8-4-2-5-9-18/h2-13,17,23,25H,14-16H2,1H3/t17-,23-,25+/m0/s1. The highest BCUT2D eigenvalue weighted by molar-refractivity contribution is 9.10. The average Bonchev–Trinajstić information content (AvgIpc) is 3.34. The minimum absolute atomic E-state index is 0.131. The van der Waals surface area contributed by atoms with E-state index in [9.17, 15) is 4.79 Å². The maximum atomic E-state index is 15.1. The Balaban J connectivity index is 1.48. The van der Waals surface area contributed by atoms with Gasteiger partial charge in [0.2, 0.25) is 5.91 Å². The van der Waals surface area contributed by atoms with Crippen LogP contribution < -0.4 is 4.74 Å². The Hall–Kier alpha value is -2.22. The van der Waals surface area contributed by atoms with Crippen molar-refractivity contribution in [3.63, 3.8) is 0 Å². The van der Waals surface area contributed by atoms with Gasteiger partial charge in [-0.25, -0.2) is 4.39 Å². The van der Waals surface area contributed by atoms with E-state index >= 15 is 4.39 Å². The van der Waals surface area contributed by atoms with Gasteiger partial charge >= 0.3 is 0 Å². The maximum absolute atomic E-state index is 15.1. The zero-order valence-electron chi connectivity index (χ0n) is 18.1. The third-order valence-corrected chi connectivity index (χ3v) is 7.61. The molecule has 0 spiro atoms. The van der Waals surface area contributed by atoms with Gasteiger partial charge in [-0.15, -0.1) is 0 Å². The predicted octanol–water partition coefficient (Wildman–Crippen LogP) is 6.59. The largest absolute Gasteiger partial charge is 0.488 e. The number of nitrogens with zero attached hydrogens (tertiary/aromatic N) is 1. The van der Waals surface area contributed by atoms with Crippen molar-refractivity contribution in [2.45, 2.75) is 30.3 Å². The van der Waals surface area contributed by atoms with Crippen LogP contribution in [0.4, 0.5) is 4.39 Å². The van der Waals surface area contributed by atoms with Gasteiger partial charge in [-0.3, -0.25) is 4.79 Å². The summed E-state index contributed by atoms with van der Waals surface area (Å²) in [5.41, 5.74) is 2.44. The summed E-state index contributed by atoms with van der Waals surface area (Å²) in [6.45, 7) is 2.83. The zero-order chi connectivity index (χ0) is 23.4. The molecule has 1 fully saturated rings. The van der Waals surface area contributed by atoms with E-state index in [0.29, 0.717) is 29.0 Å². The van der Waals surface area contributed by atoms with Crippen molar-refractivity contribution in [2.24, 2.45) is 0 Å².